The van der Waals surface area contributed by atoms with Gasteiger partial charge in [-0.1, -0.05) is 52.4 Å². The van der Waals surface area contributed by atoms with Crippen LogP contribution >= 0.6 is 0 Å². The molecule has 0 saturated heterocycles. The summed E-state index contributed by atoms with van der Waals surface area (Å²) in [5.41, 5.74) is 0. The summed E-state index contributed by atoms with van der Waals surface area (Å²) in [6.45, 7) is 4.83. The van der Waals surface area contributed by atoms with Gasteiger partial charge in [0.05, 0.1) is 0 Å². The van der Waals surface area contributed by atoms with Crippen LogP contribution in [0.1, 0.15) is 58.8 Å². The lowest BCUT2D eigenvalue weighted by molar-refractivity contribution is 0.256. The van der Waals surface area contributed by atoms with E-state index in [2.05, 4.69) is 13.8 Å². The Labute approximate surface area is 77.2 Å². The van der Waals surface area contributed by atoms with Crippen molar-refractivity contribution in [1.29, 1.82) is 0 Å². The van der Waals surface area contributed by atoms with Gasteiger partial charge in [-0.15, -0.1) is 0 Å². The minimum Gasteiger partial charge on any atom is -0.396 e. The predicted octanol–water partition coefficient (Wildman–Crippen LogP) is 3.37. The standard InChI is InChI=1S/C11H24O/c1-3-4-5-6-7-8-11(2)9-10-12/h11-12H,3-10H2,1-2H3/t11-/m0/s1. The van der Waals surface area contributed by atoms with Crippen molar-refractivity contribution < 1.29 is 5.11 Å². The van der Waals surface area contributed by atoms with Gasteiger partial charge in [-0.25, -0.2) is 0 Å². The molecule has 0 fully saturated rings. The van der Waals surface area contributed by atoms with Crippen LogP contribution in [-0.4, -0.2) is 11.7 Å². The van der Waals surface area contributed by atoms with Crippen molar-refractivity contribution in [2.24, 2.45) is 5.92 Å². The summed E-state index contributed by atoms with van der Waals surface area (Å²) in [6, 6.07) is 0. The van der Waals surface area contributed by atoms with Gasteiger partial charge in [0.2, 0.25) is 0 Å². The third kappa shape index (κ3) is 8.06. The zero-order valence-electron chi connectivity index (χ0n) is 8.68. The molecule has 0 radical (unpaired) electrons. The van der Waals surface area contributed by atoms with Gasteiger partial charge in [0.25, 0.3) is 0 Å². The van der Waals surface area contributed by atoms with Crippen molar-refractivity contribution in [1.82, 2.24) is 0 Å². The summed E-state index contributed by atoms with van der Waals surface area (Å²) in [6.07, 6.45) is 9.10. The lowest BCUT2D eigenvalue weighted by Crippen LogP contribution is -1.97. The molecular weight excluding hydrogens is 148 g/mol. The lowest BCUT2D eigenvalue weighted by Gasteiger charge is -2.08. The van der Waals surface area contributed by atoms with Crippen molar-refractivity contribution in [3.05, 3.63) is 0 Å². The summed E-state index contributed by atoms with van der Waals surface area (Å²) in [5.74, 6) is 0.719. The lowest BCUT2D eigenvalue weighted by atomic mass is 10.00. The fourth-order valence-corrected chi connectivity index (χ4v) is 1.46. The molecule has 0 unspecified atom stereocenters. The van der Waals surface area contributed by atoms with E-state index in [4.69, 9.17) is 5.11 Å². The molecule has 0 heterocycles. The fraction of sp³-hybridized carbons (Fsp3) is 1.00. The molecule has 0 aromatic heterocycles. The molecule has 0 saturated carbocycles. The van der Waals surface area contributed by atoms with Crippen molar-refractivity contribution in [3.63, 3.8) is 0 Å². The Hall–Kier alpha value is -0.0400. The summed E-state index contributed by atoms with van der Waals surface area (Å²) < 4.78 is 0. The first-order valence-electron chi connectivity index (χ1n) is 5.42. The summed E-state index contributed by atoms with van der Waals surface area (Å²) in [7, 11) is 0. The molecule has 1 N–H and O–H groups in total. The maximum atomic E-state index is 8.68. The van der Waals surface area contributed by atoms with Crippen molar-refractivity contribution in [3.8, 4) is 0 Å². The van der Waals surface area contributed by atoms with E-state index in [0.29, 0.717) is 6.61 Å². The molecule has 1 atom stereocenters. The Morgan fingerprint density at radius 2 is 1.67 bits per heavy atom. The largest absolute Gasteiger partial charge is 0.396 e. The molecule has 0 aliphatic rings. The maximum absolute atomic E-state index is 8.68. The van der Waals surface area contributed by atoms with E-state index in [1.54, 1.807) is 0 Å². The second-order valence-electron chi connectivity index (χ2n) is 3.82. The molecule has 74 valence electrons. The topological polar surface area (TPSA) is 20.2 Å². The van der Waals surface area contributed by atoms with Crippen LogP contribution in [0, 0.1) is 5.92 Å². The minimum absolute atomic E-state index is 0.357. The first-order chi connectivity index (χ1) is 5.81. The average molecular weight is 172 g/mol. The van der Waals surface area contributed by atoms with Crippen LogP contribution in [0.15, 0.2) is 0 Å². The molecule has 0 spiro atoms. The molecule has 1 heteroatoms. The number of hydrogen-bond acceptors (Lipinski definition) is 1. The highest BCUT2D eigenvalue weighted by atomic mass is 16.2. The monoisotopic (exact) mass is 172 g/mol. The summed E-state index contributed by atoms with van der Waals surface area (Å²) in [5, 5.41) is 8.68. The number of aliphatic hydroxyl groups excluding tert-OH is 1. The van der Waals surface area contributed by atoms with E-state index < -0.39 is 0 Å². The van der Waals surface area contributed by atoms with E-state index >= 15 is 0 Å². The highest BCUT2D eigenvalue weighted by Crippen LogP contribution is 2.13. The van der Waals surface area contributed by atoms with E-state index in [1.807, 2.05) is 0 Å². The number of hydrogen-bond donors (Lipinski definition) is 1. The quantitative estimate of drug-likeness (QED) is 0.557. The molecule has 1 nitrogen and oxygen atoms in total. The van der Waals surface area contributed by atoms with Gasteiger partial charge in [-0.05, 0) is 12.3 Å². The first-order valence-corrected chi connectivity index (χ1v) is 5.42. The molecule has 0 aliphatic heterocycles. The van der Waals surface area contributed by atoms with E-state index in [9.17, 15) is 0 Å². The molecule has 0 aromatic rings. The fourth-order valence-electron chi connectivity index (χ4n) is 1.46. The van der Waals surface area contributed by atoms with E-state index in [1.165, 1.54) is 38.5 Å². The van der Waals surface area contributed by atoms with Crippen LogP contribution < -0.4 is 0 Å². The van der Waals surface area contributed by atoms with Crippen LogP contribution in [0.25, 0.3) is 0 Å². The zero-order chi connectivity index (χ0) is 9.23. The normalized spacial score (nSPS) is 13.2. The van der Waals surface area contributed by atoms with Crippen LogP contribution in [0.2, 0.25) is 0 Å². The van der Waals surface area contributed by atoms with Gasteiger partial charge in [0.15, 0.2) is 0 Å². The second-order valence-corrected chi connectivity index (χ2v) is 3.82. The van der Waals surface area contributed by atoms with Gasteiger partial charge in [-0.3, -0.25) is 0 Å². The SMILES string of the molecule is CCCCCCC[C@H](C)CCO. The Bertz CT molecular complexity index is 81.1. The Balaban J connectivity index is 2.97. The number of rotatable bonds is 8. The smallest absolute Gasteiger partial charge is 0.0433 e. The second kappa shape index (κ2) is 9.05. The maximum Gasteiger partial charge on any atom is 0.0433 e. The molecular formula is C11H24O. The Morgan fingerprint density at radius 3 is 2.25 bits per heavy atom. The van der Waals surface area contributed by atoms with Crippen molar-refractivity contribution >= 4 is 0 Å². The van der Waals surface area contributed by atoms with Gasteiger partial charge in [0.1, 0.15) is 0 Å². The number of aliphatic hydroxyl groups is 1. The third-order valence-electron chi connectivity index (χ3n) is 2.42. The van der Waals surface area contributed by atoms with Gasteiger partial charge in [-0.2, -0.15) is 0 Å². The highest BCUT2D eigenvalue weighted by molar-refractivity contribution is 4.52. The van der Waals surface area contributed by atoms with Crippen LogP contribution in [0.5, 0.6) is 0 Å². The molecule has 0 aliphatic carbocycles. The first kappa shape index (κ1) is 12.0. The van der Waals surface area contributed by atoms with Crippen molar-refractivity contribution in [2.45, 2.75) is 58.8 Å². The third-order valence-corrected chi connectivity index (χ3v) is 2.42. The molecule has 0 rings (SSSR count). The minimum atomic E-state index is 0.357. The van der Waals surface area contributed by atoms with E-state index in [-0.39, 0.29) is 0 Å². The molecule has 0 bridgehead atoms. The Kier molecular flexibility index (Phi) is 9.02. The van der Waals surface area contributed by atoms with Crippen LogP contribution in [0.4, 0.5) is 0 Å². The highest BCUT2D eigenvalue weighted by Gasteiger charge is 1.99. The number of unbranched alkanes of at least 4 members (excludes halogenated alkanes) is 4. The average Bonchev–Trinajstić information content (AvgIpc) is 2.05. The van der Waals surface area contributed by atoms with Gasteiger partial charge in [0, 0.05) is 6.61 Å². The molecule has 12 heavy (non-hydrogen) atoms. The van der Waals surface area contributed by atoms with Crippen LogP contribution in [-0.2, 0) is 0 Å². The van der Waals surface area contributed by atoms with Crippen LogP contribution in [0.3, 0.4) is 0 Å². The zero-order valence-corrected chi connectivity index (χ0v) is 8.68. The summed E-state index contributed by atoms with van der Waals surface area (Å²) >= 11 is 0. The molecule has 0 aromatic carbocycles. The summed E-state index contributed by atoms with van der Waals surface area (Å²) in [4.78, 5) is 0. The van der Waals surface area contributed by atoms with E-state index in [0.717, 1.165) is 12.3 Å². The van der Waals surface area contributed by atoms with Gasteiger partial charge >= 0.3 is 0 Å². The van der Waals surface area contributed by atoms with Crippen molar-refractivity contribution in [2.75, 3.05) is 6.61 Å². The predicted molar refractivity (Wildman–Crippen MR) is 54.2 cm³/mol. The Morgan fingerprint density at radius 1 is 1.00 bits per heavy atom. The van der Waals surface area contributed by atoms with Gasteiger partial charge < -0.3 is 5.11 Å². The molecule has 0 amide bonds.